The molecule has 1 fully saturated rings. The van der Waals surface area contributed by atoms with Crippen LogP contribution in [0.25, 0.3) is 11.0 Å². The van der Waals surface area contributed by atoms with Crippen LogP contribution in [0, 0.1) is 6.92 Å². The first-order valence-corrected chi connectivity index (χ1v) is 11.0. The van der Waals surface area contributed by atoms with Crippen molar-refractivity contribution in [1.82, 2.24) is 20.1 Å². The molecule has 0 atom stereocenters. The summed E-state index contributed by atoms with van der Waals surface area (Å²) in [5.74, 6) is 0.357. The number of aryl methyl sites for hydroxylation is 1. The Labute approximate surface area is 187 Å². The lowest BCUT2D eigenvalue weighted by Gasteiger charge is -2.32. The van der Waals surface area contributed by atoms with Crippen molar-refractivity contribution < 1.29 is 9.21 Å². The summed E-state index contributed by atoms with van der Waals surface area (Å²) in [5, 5.41) is 7.72. The third kappa shape index (κ3) is 5.36. The van der Waals surface area contributed by atoms with Crippen LogP contribution in [0.4, 0.5) is 11.5 Å². The largest absolute Gasteiger partial charge is 0.464 e. The van der Waals surface area contributed by atoms with Crippen LogP contribution in [0.2, 0.25) is 5.02 Å². The molecule has 0 saturated carbocycles. The minimum atomic E-state index is -0.207. The third-order valence-corrected chi connectivity index (χ3v) is 6.06. The van der Waals surface area contributed by atoms with Crippen molar-refractivity contribution in [2.45, 2.75) is 13.3 Å². The van der Waals surface area contributed by atoms with Crippen molar-refractivity contribution in [1.29, 1.82) is 0 Å². The van der Waals surface area contributed by atoms with Gasteiger partial charge >= 0.3 is 0 Å². The molecule has 31 heavy (non-hydrogen) atoms. The molecule has 1 aliphatic heterocycles. The first-order chi connectivity index (χ1) is 15.0. The van der Waals surface area contributed by atoms with E-state index in [-0.39, 0.29) is 5.91 Å². The summed E-state index contributed by atoms with van der Waals surface area (Å²) in [6.45, 7) is 7.91. The van der Waals surface area contributed by atoms with Gasteiger partial charge in [-0.1, -0.05) is 17.7 Å². The second-order valence-corrected chi connectivity index (χ2v) is 8.44. The van der Waals surface area contributed by atoms with E-state index in [9.17, 15) is 4.79 Å². The Balaban J connectivity index is 1.40. The minimum absolute atomic E-state index is 0.207. The van der Waals surface area contributed by atoms with E-state index in [0.29, 0.717) is 28.7 Å². The number of aromatic nitrogens is 1. The highest BCUT2D eigenvalue weighted by Gasteiger charge is 2.16. The Hall–Kier alpha value is -2.61. The number of hydrogen-bond donors (Lipinski definition) is 2. The molecule has 7 nitrogen and oxygen atoms in total. The van der Waals surface area contributed by atoms with Gasteiger partial charge in [0.1, 0.15) is 17.1 Å². The smallest absolute Gasteiger partial charge is 0.270 e. The Morgan fingerprint density at radius 2 is 2.00 bits per heavy atom. The lowest BCUT2D eigenvalue weighted by Crippen LogP contribution is -2.45. The fourth-order valence-electron chi connectivity index (χ4n) is 3.65. The van der Waals surface area contributed by atoms with Gasteiger partial charge in [-0.15, -0.1) is 0 Å². The van der Waals surface area contributed by atoms with Crippen molar-refractivity contribution in [2.24, 2.45) is 0 Å². The molecule has 3 heterocycles. The molecule has 4 rings (SSSR count). The van der Waals surface area contributed by atoms with Crippen LogP contribution in [0.3, 0.4) is 0 Å². The lowest BCUT2D eigenvalue weighted by molar-refractivity contribution is 0.0944. The Morgan fingerprint density at radius 3 is 2.77 bits per heavy atom. The maximum Gasteiger partial charge on any atom is 0.270 e. The van der Waals surface area contributed by atoms with E-state index >= 15 is 0 Å². The number of anilines is 2. The SMILES string of the molecule is Cc1ccc(Nc2nc(C(=O)NCCCN3CCN(C)CC3)cc3occc23)cc1Cl. The minimum Gasteiger partial charge on any atom is -0.464 e. The predicted octanol–water partition coefficient (Wildman–Crippen LogP) is 3.90. The summed E-state index contributed by atoms with van der Waals surface area (Å²) in [6, 6.07) is 9.22. The number of furan rings is 1. The summed E-state index contributed by atoms with van der Waals surface area (Å²) in [4.78, 5) is 22.1. The molecule has 1 aliphatic rings. The highest BCUT2D eigenvalue weighted by atomic mass is 35.5. The van der Waals surface area contributed by atoms with Crippen LogP contribution in [0.1, 0.15) is 22.5 Å². The van der Waals surface area contributed by atoms with Gasteiger partial charge in [-0.2, -0.15) is 0 Å². The van der Waals surface area contributed by atoms with E-state index in [2.05, 4.69) is 32.5 Å². The summed E-state index contributed by atoms with van der Waals surface area (Å²) in [7, 11) is 2.15. The van der Waals surface area contributed by atoms with Gasteiger partial charge in [-0.05, 0) is 50.7 Å². The van der Waals surface area contributed by atoms with E-state index in [4.69, 9.17) is 16.0 Å². The number of rotatable bonds is 7. The monoisotopic (exact) mass is 441 g/mol. The second kappa shape index (κ2) is 9.68. The number of carbonyl (C=O) groups is 1. The second-order valence-electron chi connectivity index (χ2n) is 8.03. The summed E-state index contributed by atoms with van der Waals surface area (Å²) in [5.41, 5.74) is 2.73. The summed E-state index contributed by atoms with van der Waals surface area (Å²) >= 11 is 6.24. The van der Waals surface area contributed by atoms with Gasteiger partial charge in [0.25, 0.3) is 5.91 Å². The van der Waals surface area contributed by atoms with Crippen LogP contribution < -0.4 is 10.6 Å². The van der Waals surface area contributed by atoms with Crippen LogP contribution in [-0.2, 0) is 0 Å². The molecule has 8 heteroatoms. The molecule has 1 aromatic carbocycles. The van der Waals surface area contributed by atoms with E-state index in [1.807, 2.05) is 31.2 Å². The first-order valence-electron chi connectivity index (χ1n) is 10.6. The summed E-state index contributed by atoms with van der Waals surface area (Å²) < 4.78 is 5.55. The molecule has 0 radical (unpaired) electrons. The van der Waals surface area contributed by atoms with E-state index in [1.165, 1.54) is 0 Å². The summed E-state index contributed by atoms with van der Waals surface area (Å²) in [6.07, 6.45) is 2.50. The number of amides is 1. The number of fused-ring (bicyclic) bond motifs is 1. The number of hydrogen-bond acceptors (Lipinski definition) is 6. The maximum absolute atomic E-state index is 12.7. The van der Waals surface area contributed by atoms with Gasteiger partial charge in [0.05, 0.1) is 11.6 Å². The molecule has 0 spiro atoms. The van der Waals surface area contributed by atoms with E-state index in [1.54, 1.807) is 12.3 Å². The van der Waals surface area contributed by atoms with Gasteiger partial charge in [0.2, 0.25) is 0 Å². The average Bonchev–Trinajstić information content (AvgIpc) is 3.24. The van der Waals surface area contributed by atoms with Gasteiger partial charge in [0, 0.05) is 49.5 Å². The molecule has 2 aromatic heterocycles. The molecule has 1 amide bonds. The zero-order valence-corrected chi connectivity index (χ0v) is 18.7. The van der Waals surface area contributed by atoms with Crippen molar-refractivity contribution in [3.05, 3.63) is 52.9 Å². The zero-order chi connectivity index (χ0) is 21.8. The predicted molar refractivity (Wildman–Crippen MR) is 124 cm³/mol. The van der Waals surface area contributed by atoms with Crippen molar-refractivity contribution in [3.63, 3.8) is 0 Å². The van der Waals surface area contributed by atoms with E-state index < -0.39 is 0 Å². The number of halogens is 1. The van der Waals surface area contributed by atoms with Gasteiger partial charge < -0.3 is 24.9 Å². The fraction of sp³-hybridized carbons (Fsp3) is 0.391. The van der Waals surface area contributed by atoms with Crippen LogP contribution >= 0.6 is 11.6 Å². The molecular weight excluding hydrogens is 414 g/mol. The Bertz CT molecular complexity index is 1060. The van der Waals surface area contributed by atoms with Crippen LogP contribution in [0.15, 0.2) is 41.0 Å². The molecule has 0 aliphatic carbocycles. The molecular formula is C23H28ClN5O2. The fourth-order valence-corrected chi connectivity index (χ4v) is 3.83. The number of pyridine rings is 1. The van der Waals surface area contributed by atoms with Gasteiger partial charge in [-0.3, -0.25) is 4.79 Å². The number of likely N-dealkylation sites (N-methyl/N-ethyl adjacent to an activating group) is 1. The first kappa shape index (κ1) is 21.6. The van der Waals surface area contributed by atoms with Crippen molar-refractivity contribution in [2.75, 3.05) is 51.6 Å². The molecule has 164 valence electrons. The Morgan fingerprint density at radius 1 is 1.19 bits per heavy atom. The molecule has 2 N–H and O–H groups in total. The number of piperazine rings is 1. The highest BCUT2D eigenvalue weighted by molar-refractivity contribution is 6.31. The molecule has 1 saturated heterocycles. The third-order valence-electron chi connectivity index (χ3n) is 5.65. The number of carbonyl (C=O) groups excluding carboxylic acids is 1. The molecule has 3 aromatic rings. The maximum atomic E-state index is 12.7. The average molecular weight is 442 g/mol. The topological polar surface area (TPSA) is 73.6 Å². The number of nitrogens with zero attached hydrogens (tertiary/aromatic N) is 3. The number of nitrogens with one attached hydrogen (secondary N) is 2. The van der Waals surface area contributed by atoms with Gasteiger partial charge in [-0.25, -0.2) is 4.98 Å². The molecule has 0 bridgehead atoms. The van der Waals surface area contributed by atoms with E-state index in [0.717, 1.165) is 55.8 Å². The van der Waals surface area contributed by atoms with Gasteiger partial charge in [0.15, 0.2) is 0 Å². The number of benzene rings is 1. The zero-order valence-electron chi connectivity index (χ0n) is 17.9. The molecule has 0 unspecified atom stereocenters. The lowest BCUT2D eigenvalue weighted by atomic mass is 10.2. The quantitative estimate of drug-likeness (QED) is 0.542. The Kier molecular flexibility index (Phi) is 6.75. The standard InChI is InChI=1S/C23H28ClN5O2/c1-16-4-5-17(14-19(16)24)26-22-18-6-13-31-21(18)15-20(27-22)23(30)25-7-3-8-29-11-9-28(2)10-12-29/h4-6,13-15H,3,7-12H2,1-2H3,(H,25,30)(H,26,27). The van der Waals surface area contributed by atoms with Crippen LogP contribution in [-0.4, -0.2) is 67.0 Å². The normalized spacial score (nSPS) is 15.3. The van der Waals surface area contributed by atoms with Crippen molar-refractivity contribution in [3.8, 4) is 0 Å². The van der Waals surface area contributed by atoms with Crippen molar-refractivity contribution >= 4 is 40.0 Å². The van der Waals surface area contributed by atoms with Crippen LogP contribution in [0.5, 0.6) is 0 Å². The highest BCUT2D eigenvalue weighted by Crippen LogP contribution is 2.28.